The Morgan fingerprint density at radius 1 is 0.878 bits per heavy atom. The number of ether oxygens (including phenoxy) is 3. The Bertz CT molecular complexity index is 1990. The van der Waals surface area contributed by atoms with Crippen molar-refractivity contribution < 1.29 is 28.2 Å². The van der Waals surface area contributed by atoms with Crippen LogP contribution in [0.3, 0.4) is 0 Å². The average molecular weight is 681 g/mol. The third-order valence-corrected chi connectivity index (χ3v) is 8.86. The number of para-hydroxylation sites is 2. The number of hydrogen-bond acceptors (Lipinski definition) is 9. The van der Waals surface area contributed by atoms with Gasteiger partial charge in [0.05, 0.1) is 50.9 Å². The SMILES string of the molecule is COc1ccc(C2=NN(C(=O)CSc3nnc(CNC(=O)c4ccccc4F)n3-c3ccccc3)C(c3cccc(OC)c3OC)C2)cc1. The predicted octanol–water partition coefficient (Wildman–Crippen LogP) is 5.83. The molecule has 6 rings (SSSR count). The number of hydrogen-bond donors (Lipinski definition) is 1. The van der Waals surface area contributed by atoms with Crippen LogP contribution in [0.4, 0.5) is 4.39 Å². The van der Waals surface area contributed by atoms with Crippen LogP contribution in [0.1, 0.15) is 39.8 Å². The molecule has 13 heteroatoms. The van der Waals surface area contributed by atoms with Crippen LogP contribution >= 0.6 is 11.8 Å². The Hall–Kier alpha value is -5.69. The molecule has 0 bridgehead atoms. The van der Waals surface area contributed by atoms with Crippen molar-refractivity contribution in [1.82, 2.24) is 25.1 Å². The van der Waals surface area contributed by atoms with Gasteiger partial charge in [-0.25, -0.2) is 9.40 Å². The maximum absolute atomic E-state index is 14.2. The van der Waals surface area contributed by atoms with Crippen LogP contribution in [0.15, 0.2) is 107 Å². The predicted molar refractivity (Wildman–Crippen MR) is 183 cm³/mol. The van der Waals surface area contributed by atoms with E-state index >= 15 is 0 Å². The molecule has 49 heavy (non-hydrogen) atoms. The van der Waals surface area contributed by atoms with Gasteiger partial charge in [0.25, 0.3) is 11.8 Å². The van der Waals surface area contributed by atoms with Crippen LogP contribution in [-0.2, 0) is 11.3 Å². The van der Waals surface area contributed by atoms with E-state index in [1.807, 2.05) is 66.7 Å². The summed E-state index contributed by atoms with van der Waals surface area (Å²) in [6.45, 7) is -0.0249. The van der Waals surface area contributed by atoms with Gasteiger partial charge in [-0.2, -0.15) is 5.10 Å². The molecule has 0 spiro atoms. The van der Waals surface area contributed by atoms with Crippen molar-refractivity contribution in [3.05, 3.63) is 125 Å². The number of hydrazone groups is 1. The minimum absolute atomic E-state index is 0.0191. The Balaban J connectivity index is 1.27. The molecule has 4 aromatic carbocycles. The fourth-order valence-corrected chi connectivity index (χ4v) is 6.38. The van der Waals surface area contributed by atoms with Gasteiger partial charge in [-0.1, -0.05) is 54.2 Å². The van der Waals surface area contributed by atoms with Crippen LogP contribution in [0.25, 0.3) is 5.69 Å². The zero-order valence-electron chi connectivity index (χ0n) is 27.0. The molecule has 5 aromatic rings. The first-order chi connectivity index (χ1) is 23.9. The highest BCUT2D eigenvalue weighted by Gasteiger charge is 2.36. The number of aromatic nitrogens is 3. The highest BCUT2D eigenvalue weighted by molar-refractivity contribution is 7.99. The Kier molecular flexibility index (Phi) is 10.2. The maximum atomic E-state index is 14.2. The number of halogens is 1. The summed E-state index contributed by atoms with van der Waals surface area (Å²) >= 11 is 1.19. The minimum Gasteiger partial charge on any atom is -0.497 e. The first kappa shape index (κ1) is 33.2. The van der Waals surface area contributed by atoms with E-state index in [-0.39, 0.29) is 23.8 Å². The number of methoxy groups -OCH3 is 3. The first-order valence-electron chi connectivity index (χ1n) is 15.3. The molecule has 0 saturated carbocycles. The molecule has 0 aliphatic carbocycles. The Labute approximate surface area is 286 Å². The van der Waals surface area contributed by atoms with Crippen LogP contribution in [0, 0.1) is 5.82 Å². The van der Waals surface area contributed by atoms with Crippen molar-refractivity contribution in [2.24, 2.45) is 5.10 Å². The van der Waals surface area contributed by atoms with Gasteiger partial charge >= 0.3 is 0 Å². The van der Waals surface area contributed by atoms with Gasteiger partial charge in [0, 0.05) is 17.7 Å². The topological polar surface area (TPSA) is 120 Å². The van der Waals surface area contributed by atoms with E-state index in [0.29, 0.717) is 34.7 Å². The number of benzene rings is 4. The van der Waals surface area contributed by atoms with Gasteiger partial charge in [-0.15, -0.1) is 10.2 Å². The molecule has 1 aliphatic rings. The summed E-state index contributed by atoms with van der Waals surface area (Å²) in [6.07, 6.45) is 0.443. The lowest BCUT2D eigenvalue weighted by Gasteiger charge is -2.24. The molecule has 1 aliphatic heterocycles. The zero-order chi connectivity index (χ0) is 34.3. The molecule has 1 aromatic heterocycles. The largest absolute Gasteiger partial charge is 0.497 e. The Morgan fingerprint density at radius 3 is 2.35 bits per heavy atom. The number of carbonyl (C=O) groups is 2. The van der Waals surface area contributed by atoms with Gasteiger partial charge in [-0.05, 0) is 60.2 Å². The van der Waals surface area contributed by atoms with E-state index in [1.54, 1.807) is 38.0 Å². The molecule has 11 nitrogen and oxygen atoms in total. The summed E-state index contributed by atoms with van der Waals surface area (Å²) in [6, 6.07) is 27.7. The number of nitrogens with zero attached hydrogens (tertiary/aromatic N) is 5. The molecule has 1 atom stereocenters. The molecule has 2 amide bonds. The second-order valence-electron chi connectivity index (χ2n) is 10.8. The number of rotatable bonds is 12. The van der Waals surface area contributed by atoms with Gasteiger partial charge in [0.2, 0.25) is 0 Å². The molecule has 1 unspecified atom stereocenters. The third kappa shape index (κ3) is 7.11. The van der Waals surface area contributed by atoms with Gasteiger partial charge in [0.15, 0.2) is 22.5 Å². The van der Waals surface area contributed by atoms with Crippen molar-refractivity contribution >= 4 is 29.3 Å². The summed E-state index contributed by atoms with van der Waals surface area (Å²) in [7, 11) is 4.74. The van der Waals surface area contributed by atoms with Crippen molar-refractivity contribution in [3.8, 4) is 22.9 Å². The molecule has 0 saturated heterocycles. The third-order valence-electron chi connectivity index (χ3n) is 7.95. The van der Waals surface area contributed by atoms with Gasteiger partial charge < -0.3 is 19.5 Å². The van der Waals surface area contributed by atoms with Crippen molar-refractivity contribution in [2.75, 3.05) is 27.1 Å². The van der Waals surface area contributed by atoms with E-state index in [9.17, 15) is 14.0 Å². The fourth-order valence-electron chi connectivity index (χ4n) is 5.55. The number of thioether (sulfide) groups is 1. The van der Waals surface area contributed by atoms with Crippen LogP contribution in [0.2, 0.25) is 0 Å². The van der Waals surface area contributed by atoms with E-state index in [4.69, 9.17) is 19.3 Å². The van der Waals surface area contributed by atoms with Crippen LogP contribution in [0.5, 0.6) is 17.2 Å². The van der Waals surface area contributed by atoms with E-state index in [2.05, 4.69) is 15.5 Å². The van der Waals surface area contributed by atoms with Gasteiger partial charge in [-0.3, -0.25) is 14.2 Å². The molecule has 1 N–H and O–H groups in total. The number of amides is 2. The van der Waals surface area contributed by atoms with E-state index in [0.717, 1.165) is 22.5 Å². The second kappa shape index (κ2) is 15.0. The molecule has 2 heterocycles. The highest BCUT2D eigenvalue weighted by atomic mass is 32.2. The summed E-state index contributed by atoms with van der Waals surface area (Å²) in [5.41, 5.74) is 3.01. The van der Waals surface area contributed by atoms with Crippen molar-refractivity contribution in [1.29, 1.82) is 0 Å². The minimum atomic E-state index is -0.621. The Morgan fingerprint density at radius 2 is 1.63 bits per heavy atom. The molecular weight excluding hydrogens is 647 g/mol. The first-order valence-corrected chi connectivity index (χ1v) is 16.3. The molecule has 0 radical (unpaired) electrons. The summed E-state index contributed by atoms with van der Waals surface area (Å²) in [5.74, 6) is 0.710. The summed E-state index contributed by atoms with van der Waals surface area (Å²) in [4.78, 5) is 26.8. The number of carbonyl (C=O) groups excluding carboxylic acids is 2. The molecular formula is C36H33FN6O5S. The van der Waals surface area contributed by atoms with Crippen LogP contribution < -0.4 is 19.5 Å². The van der Waals surface area contributed by atoms with Crippen LogP contribution in [-0.4, -0.2) is 64.4 Å². The lowest BCUT2D eigenvalue weighted by atomic mass is 9.97. The highest BCUT2D eigenvalue weighted by Crippen LogP contribution is 2.42. The van der Waals surface area contributed by atoms with E-state index < -0.39 is 17.8 Å². The molecule has 250 valence electrons. The lowest BCUT2D eigenvalue weighted by molar-refractivity contribution is -0.130. The smallest absolute Gasteiger partial charge is 0.254 e. The quantitative estimate of drug-likeness (QED) is 0.164. The van der Waals surface area contributed by atoms with Crippen molar-refractivity contribution in [3.63, 3.8) is 0 Å². The summed E-state index contributed by atoms with van der Waals surface area (Å²) < 4.78 is 32.6. The standard InChI is InChI=1S/C36H33FN6O5S/c1-46-25-18-16-23(17-19-25)29-20-30(27-13-9-15-31(47-2)34(27)48-3)43(41-29)33(44)22-49-36-40-39-32(42(36)24-10-5-4-6-11-24)21-38-35(45)26-12-7-8-14-28(26)37/h4-19,30H,20-22H2,1-3H3,(H,38,45). The van der Waals surface area contributed by atoms with E-state index in [1.165, 1.54) is 35.0 Å². The molecule has 0 fully saturated rings. The average Bonchev–Trinajstić information content (AvgIpc) is 3.78. The van der Waals surface area contributed by atoms with Crippen molar-refractivity contribution in [2.45, 2.75) is 24.2 Å². The number of nitrogens with one attached hydrogen (secondary N) is 1. The fraction of sp³-hybridized carbons (Fsp3) is 0.194. The lowest BCUT2D eigenvalue weighted by Crippen LogP contribution is -2.29. The monoisotopic (exact) mass is 680 g/mol. The zero-order valence-corrected chi connectivity index (χ0v) is 27.8. The maximum Gasteiger partial charge on any atom is 0.254 e. The normalized spacial score (nSPS) is 13.9. The summed E-state index contributed by atoms with van der Waals surface area (Å²) in [5, 5.41) is 18.1. The van der Waals surface area contributed by atoms with Gasteiger partial charge in [0.1, 0.15) is 11.6 Å². The second-order valence-corrected chi connectivity index (χ2v) is 11.8.